The van der Waals surface area contributed by atoms with Gasteiger partial charge in [-0.1, -0.05) is 18.2 Å². The van der Waals surface area contributed by atoms with Crippen molar-refractivity contribution in [3.8, 4) is 11.3 Å². The first-order chi connectivity index (χ1) is 15.4. The standard InChI is InChI=1S/C24H26FN5O2/c1-29(2)23(31)17-8-6-10-19(14-17)27-24(32)30-12-4-3-11-21(30)22-26-15-20(28-22)16-7-5-9-18(25)13-16/h5-10,13-15,21H,3-4,11-12H2,1-2H3,(H,26,28)(H,27,32). The lowest BCUT2D eigenvalue weighted by Crippen LogP contribution is -2.41. The number of benzene rings is 2. The number of nitrogens with one attached hydrogen (secondary N) is 2. The van der Waals surface area contributed by atoms with Gasteiger partial charge in [0.15, 0.2) is 0 Å². The van der Waals surface area contributed by atoms with Crippen LogP contribution in [0.3, 0.4) is 0 Å². The number of anilines is 1. The molecule has 2 aromatic carbocycles. The van der Waals surface area contributed by atoms with Crippen LogP contribution in [0.25, 0.3) is 11.3 Å². The molecule has 0 aliphatic carbocycles. The molecule has 1 fully saturated rings. The number of imidazole rings is 1. The lowest BCUT2D eigenvalue weighted by atomic mass is 10.0. The van der Waals surface area contributed by atoms with Crippen LogP contribution in [0.15, 0.2) is 54.7 Å². The molecule has 2 heterocycles. The topological polar surface area (TPSA) is 81.3 Å². The third-order valence-corrected chi connectivity index (χ3v) is 5.58. The monoisotopic (exact) mass is 435 g/mol. The smallest absolute Gasteiger partial charge is 0.322 e. The van der Waals surface area contributed by atoms with Crippen LogP contribution in [0.2, 0.25) is 0 Å². The van der Waals surface area contributed by atoms with E-state index in [2.05, 4.69) is 15.3 Å². The molecule has 2 N–H and O–H groups in total. The Morgan fingerprint density at radius 3 is 2.75 bits per heavy atom. The van der Waals surface area contributed by atoms with Gasteiger partial charge in [0, 0.05) is 37.5 Å². The van der Waals surface area contributed by atoms with E-state index in [4.69, 9.17) is 0 Å². The van der Waals surface area contributed by atoms with Gasteiger partial charge in [-0.25, -0.2) is 14.2 Å². The number of urea groups is 1. The first-order valence-corrected chi connectivity index (χ1v) is 10.6. The Morgan fingerprint density at radius 2 is 1.97 bits per heavy atom. The van der Waals surface area contributed by atoms with Gasteiger partial charge in [-0.05, 0) is 49.6 Å². The minimum absolute atomic E-state index is 0.127. The van der Waals surface area contributed by atoms with Crippen LogP contribution in [0, 0.1) is 5.82 Å². The summed E-state index contributed by atoms with van der Waals surface area (Å²) < 4.78 is 13.6. The summed E-state index contributed by atoms with van der Waals surface area (Å²) in [7, 11) is 3.38. The van der Waals surface area contributed by atoms with E-state index in [1.54, 1.807) is 55.5 Å². The minimum Gasteiger partial charge on any atom is -0.345 e. The van der Waals surface area contributed by atoms with Crippen LogP contribution >= 0.6 is 0 Å². The maximum absolute atomic E-state index is 13.6. The average Bonchev–Trinajstić information content (AvgIpc) is 3.29. The van der Waals surface area contributed by atoms with E-state index in [0.717, 1.165) is 19.3 Å². The van der Waals surface area contributed by atoms with Crippen LogP contribution < -0.4 is 5.32 Å². The molecule has 0 bridgehead atoms. The van der Waals surface area contributed by atoms with Gasteiger partial charge >= 0.3 is 6.03 Å². The Bertz CT molecular complexity index is 1130. The third kappa shape index (κ3) is 4.64. The molecule has 1 saturated heterocycles. The zero-order chi connectivity index (χ0) is 22.7. The van der Waals surface area contributed by atoms with Gasteiger partial charge in [-0.2, -0.15) is 0 Å². The number of aromatic amines is 1. The summed E-state index contributed by atoms with van der Waals surface area (Å²) in [6, 6.07) is 12.8. The van der Waals surface area contributed by atoms with E-state index in [-0.39, 0.29) is 23.8 Å². The second kappa shape index (κ2) is 9.21. The molecule has 1 unspecified atom stereocenters. The normalized spacial score (nSPS) is 16.0. The van der Waals surface area contributed by atoms with E-state index < -0.39 is 0 Å². The van der Waals surface area contributed by atoms with E-state index in [1.807, 2.05) is 6.07 Å². The summed E-state index contributed by atoms with van der Waals surface area (Å²) in [4.78, 5) is 36.4. The molecule has 3 amide bonds. The van der Waals surface area contributed by atoms with Crippen molar-refractivity contribution < 1.29 is 14.0 Å². The van der Waals surface area contributed by atoms with E-state index >= 15 is 0 Å². The summed E-state index contributed by atoms with van der Waals surface area (Å²) in [6.07, 6.45) is 4.34. The predicted molar refractivity (Wildman–Crippen MR) is 121 cm³/mol. The zero-order valence-corrected chi connectivity index (χ0v) is 18.1. The average molecular weight is 436 g/mol. The van der Waals surface area contributed by atoms with Crippen molar-refractivity contribution in [2.75, 3.05) is 26.0 Å². The first-order valence-electron chi connectivity index (χ1n) is 10.6. The number of carbonyl (C=O) groups is 2. The number of likely N-dealkylation sites (tertiary alicyclic amines) is 1. The van der Waals surface area contributed by atoms with Crippen molar-refractivity contribution >= 4 is 17.6 Å². The Kier molecular flexibility index (Phi) is 6.20. The molecule has 3 aromatic rings. The summed E-state index contributed by atoms with van der Waals surface area (Å²) in [5, 5.41) is 2.92. The predicted octanol–water partition coefficient (Wildman–Crippen LogP) is 4.68. The molecule has 4 rings (SSSR count). The van der Waals surface area contributed by atoms with Crippen molar-refractivity contribution in [3.05, 3.63) is 71.9 Å². The van der Waals surface area contributed by atoms with Gasteiger partial charge in [0.05, 0.1) is 17.9 Å². The van der Waals surface area contributed by atoms with Gasteiger partial charge in [0.25, 0.3) is 5.91 Å². The minimum atomic E-state index is -0.313. The Labute approximate surface area is 186 Å². The number of halogens is 1. The Morgan fingerprint density at radius 1 is 1.16 bits per heavy atom. The highest BCUT2D eigenvalue weighted by molar-refractivity contribution is 5.96. The molecule has 8 heteroatoms. The fourth-order valence-corrected chi connectivity index (χ4v) is 3.95. The second-order valence-corrected chi connectivity index (χ2v) is 8.11. The lowest BCUT2D eigenvalue weighted by Gasteiger charge is -2.34. The van der Waals surface area contributed by atoms with Crippen LogP contribution in [0.4, 0.5) is 14.9 Å². The molecule has 0 saturated carbocycles. The highest BCUT2D eigenvalue weighted by atomic mass is 19.1. The van der Waals surface area contributed by atoms with Crippen molar-refractivity contribution in [2.45, 2.75) is 25.3 Å². The van der Waals surface area contributed by atoms with Crippen molar-refractivity contribution in [1.82, 2.24) is 19.8 Å². The summed E-state index contributed by atoms with van der Waals surface area (Å²) >= 11 is 0. The number of carbonyl (C=O) groups excluding carboxylic acids is 2. The molecule has 32 heavy (non-hydrogen) atoms. The van der Waals surface area contributed by atoms with E-state index in [0.29, 0.717) is 34.9 Å². The zero-order valence-electron chi connectivity index (χ0n) is 18.1. The van der Waals surface area contributed by atoms with Crippen molar-refractivity contribution in [1.29, 1.82) is 0 Å². The van der Waals surface area contributed by atoms with Crippen LogP contribution in [0.1, 0.15) is 41.5 Å². The number of amides is 3. The number of hydrogen-bond acceptors (Lipinski definition) is 3. The number of aromatic nitrogens is 2. The summed E-state index contributed by atoms with van der Waals surface area (Å²) in [5.74, 6) is 0.236. The quantitative estimate of drug-likeness (QED) is 0.625. The van der Waals surface area contributed by atoms with Gasteiger partial charge in [0.2, 0.25) is 0 Å². The molecule has 1 aliphatic heterocycles. The summed E-state index contributed by atoms with van der Waals surface area (Å²) in [5.41, 5.74) is 2.49. The summed E-state index contributed by atoms with van der Waals surface area (Å²) in [6.45, 7) is 0.600. The van der Waals surface area contributed by atoms with Gasteiger partial charge in [-0.15, -0.1) is 0 Å². The third-order valence-electron chi connectivity index (χ3n) is 5.58. The number of H-pyrrole nitrogens is 1. The number of hydrogen-bond donors (Lipinski definition) is 2. The van der Waals surface area contributed by atoms with E-state index in [1.165, 1.54) is 17.0 Å². The fraction of sp³-hybridized carbons (Fsp3) is 0.292. The highest BCUT2D eigenvalue weighted by Gasteiger charge is 2.30. The maximum atomic E-state index is 13.6. The molecular weight excluding hydrogens is 409 g/mol. The van der Waals surface area contributed by atoms with Gasteiger partial charge in [-0.3, -0.25) is 4.79 Å². The molecule has 1 aromatic heterocycles. The van der Waals surface area contributed by atoms with Crippen LogP contribution in [-0.4, -0.2) is 52.3 Å². The fourth-order valence-electron chi connectivity index (χ4n) is 3.95. The largest absolute Gasteiger partial charge is 0.345 e. The molecular formula is C24H26FN5O2. The Balaban J connectivity index is 1.52. The number of rotatable bonds is 4. The molecule has 166 valence electrons. The van der Waals surface area contributed by atoms with Gasteiger partial charge < -0.3 is 20.1 Å². The maximum Gasteiger partial charge on any atom is 0.322 e. The second-order valence-electron chi connectivity index (χ2n) is 8.11. The van der Waals surface area contributed by atoms with Gasteiger partial charge in [0.1, 0.15) is 11.6 Å². The molecule has 1 atom stereocenters. The van der Waals surface area contributed by atoms with Crippen molar-refractivity contribution in [3.63, 3.8) is 0 Å². The van der Waals surface area contributed by atoms with E-state index in [9.17, 15) is 14.0 Å². The highest BCUT2D eigenvalue weighted by Crippen LogP contribution is 2.31. The van der Waals surface area contributed by atoms with Crippen molar-refractivity contribution in [2.24, 2.45) is 0 Å². The first kappa shape index (κ1) is 21.5. The molecule has 0 spiro atoms. The SMILES string of the molecule is CN(C)C(=O)c1cccc(NC(=O)N2CCCCC2c2ncc(-c3cccc(F)c3)[nH]2)c1. The lowest BCUT2D eigenvalue weighted by molar-refractivity contribution is 0.0827. The number of nitrogens with zero attached hydrogens (tertiary/aromatic N) is 3. The molecule has 7 nitrogen and oxygen atoms in total. The molecule has 0 radical (unpaired) electrons. The van der Waals surface area contributed by atoms with Crippen LogP contribution in [-0.2, 0) is 0 Å². The Hall–Kier alpha value is -3.68. The molecule has 1 aliphatic rings. The van der Waals surface area contributed by atoms with Crippen LogP contribution in [0.5, 0.6) is 0 Å². The number of piperidine rings is 1.